The molecule has 144 valence electrons. The van der Waals surface area contributed by atoms with Gasteiger partial charge in [0, 0.05) is 23.5 Å². The summed E-state index contributed by atoms with van der Waals surface area (Å²) < 4.78 is 15.1. The summed E-state index contributed by atoms with van der Waals surface area (Å²) in [6.45, 7) is 0. The fourth-order valence-electron chi connectivity index (χ4n) is 3.44. The van der Waals surface area contributed by atoms with Gasteiger partial charge in [-0.25, -0.2) is 0 Å². The first-order chi connectivity index (χ1) is 13.5. The monoisotopic (exact) mass is 398 g/mol. The third kappa shape index (κ3) is 2.82. The predicted molar refractivity (Wildman–Crippen MR) is 106 cm³/mol. The average Bonchev–Trinajstić information content (AvgIpc) is 3.13. The normalized spacial score (nSPS) is 15.6. The highest BCUT2D eigenvalue weighted by atomic mass is 32.1. The van der Waals surface area contributed by atoms with Crippen LogP contribution >= 0.6 is 11.5 Å². The molecule has 0 bridgehead atoms. The fraction of sp³-hybridized carbons (Fsp3) is 0.200. The topological polar surface area (TPSA) is 101 Å². The molecule has 0 spiro atoms. The first kappa shape index (κ1) is 18.1. The summed E-state index contributed by atoms with van der Waals surface area (Å²) in [7, 11) is 2.79. The number of rotatable bonds is 4. The second-order valence-electron chi connectivity index (χ2n) is 6.34. The molecular formula is C20H18N2O5S. The van der Waals surface area contributed by atoms with Crippen LogP contribution in [0.25, 0.3) is 11.3 Å². The average molecular weight is 398 g/mol. The van der Waals surface area contributed by atoms with Gasteiger partial charge in [0.2, 0.25) is 17.4 Å². The Morgan fingerprint density at radius 3 is 2.57 bits per heavy atom. The summed E-state index contributed by atoms with van der Waals surface area (Å²) >= 11 is 1.29. The summed E-state index contributed by atoms with van der Waals surface area (Å²) in [4.78, 5) is 13.3. The Labute approximate surface area is 165 Å². The van der Waals surface area contributed by atoms with Crippen LogP contribution < -0.4 is 14.8 Å². The predicted octanol–water partition coefficient (Wildman–Crippen LogP) is 3.71. The van der Waals surface area contributed by atoms with E-state index in [9.17, 15) is 15.0 Å². The van der Waals surface area contributed by atoms with Crippen LogP contribution in [0.1, 0.15) is 22.8 Å². The number of nitrogens with one attached hydrogen (secondary N) is 1. The molecule has 0 aliphatic carbocycles. The molecule has 3 aromatic rings. The van der Waals surface area contributed by atoms with E-state index < -0.39 is 17.4 Å². The summed E-state index contributed by atoms with van der Waals surface area (Å²) in [6, 6.07) is 11.2. The minimum absolute atomic E-state index is 0.105. The van der Waals surface area contributed by atoms with E-state index in [0.717, 1.165) is 10.4 Å². The maximum absolute atomic E-state index is 12.5. The molecule has 4 rings (SSSR count). The Hall–Kier alpha value is -3.26. The molecule has 7 nitrogen and oxygen atoms in total. The number of carbonyl (C=O) groups is 1. The number of methoxy groups -OCH3 is 2. The van der Waals surface area contributed by atoms with Crippen LogP contribution in [0.3, 0.4) is 0 Å². The number of hydrogen-bond donors (Lipinski definition) is 3. The number of anilines is 1. The molecule has 0 radical (unpaired) electrons. The van der Waals surface area contributed by atoms with Gasteiger partial charge < -0.3 is 25.0 Å². The van der Waals surface area contributed by atoms with Crippen LogP contribution in [0.4, 0.5) is 5.69 Å². The largest absolute Gasteiger partial charge is 0.502 e. The van der Waals surface area contributed by atoms with E-state index in [1.54, 1.807) is 6.07 Å². The number of benzene rings is 2. The number of fused-ring (bicyclic) bond motifs is 1. The van der Waals surface area contributed by atoms with E-state index in [1.807, 2.05) is 30.3 Å². The molecule has 28 heavy (non-hydrogen) atoms. The highest BCUT2D eigenvalue weighted by molar-refractivity contribution is 7.07. The van der Waals surface area contributed by atoms with E-state index in [1.165, 1.54) is 25.8 Å². The van der Waals surface area contributed by atoms with E-state index in [-0.39, 0.29) is 23.8 Å². The Balaban J connectivity index is 1.90. The van der Waals surface area contributed by atoms with Gasteiger partial charge in [0.25, 0.3) is 0 Å². The van der Waals surface area contributed by atoms with Crippen molar-refractivity contribution in [2.45, 2.75) is 12.3 Å². The van der Waals surface area contributed by atoms with Crippen LogP contribution in [-0.2, 0) is 4.79 Å². The van der Waals surface area contributed by atoms with Crippen LogP contribution in [0.5, 0.6) is 23.0 Å². The number of ether oxygens (including phenoxy) is 2. The number of phenolic OH excluding ortho intramolecular Hbond substituents is 2. The van der Waals surface area contributed by atoms with Gasteiger partial charge in [-0.3, -0.25) is 4.79 Å². The van der Waals surface area contributed by atoms with Gasteiger partial charge in [0.05, 0.1) is 24.8 Å². The second kappa shape index (κ2) is 7.05. The quantitative estimate of drug-likeness (QED) is 0.579. The minimum Gasteiger partial charge on any atom is -0.502 e. The zero-order chi connectivity index (χ0) is 19.8. The molecule has 1 atom stereocenters. The zero-order valence-corrected chi connectivity index (χ0v) is 16.0. The molecule has 2 heterocycles. The molecular weight excluding hydrogens is 380 g/mol. The van der Waals surface area contributed by atoms with E-state index >= 15 is 0 Å². The number of hydrogen-bond acceptors (Lipinski definition) is 7. The summed E-state index contributed by atoms with van der Waals surface area (Å²) in [5.74, 6) is -1.17. The molecule has 0 saturated carbocycles. The number of phenols is 2. The second-order valence-corrected chi connectivity index (χ2v) is 7.14. The van der Waals surface area contributed by atoms with E-state index in [0.29, 0.717) is 16.9 Å². The van der Waals surface area contributed by atoms with Crippen LogP contribution in [0.15, 0.2) is 36.4 Å². The number of carbonyl (C=O) groups excluding carboxylic acids is 1. The van der Waals surface area contributed by atoms with Gasteiger partial charge in [-0.15, -0.1) is 0 Å². The molecule has 1 aromatic heterocycles. The van der Waals surface area contributed by atoms with Gasteiger partial charge in [0.15, 0.2) is 11.5 Å². The molecule has 1 amide bonds. The van der Waals surface area contributed by atoms with E-state index in [4.69, 9.17) is 9.47 Å². The molecule has 0 unspecified atom stereocenters. The molecule has 8 heteroatoms. The molecule has 0 saturated heterocycles. The highest BCUT2D eigenvalue weighted by Crippen LogP contribution is 2.52. The number of nitrogens with zero attached hydrogens (tertiary/aromatic N) is 1. The molecule has 2 aromatic carbocycles. The van der Waals surface area contributed by atoms with Crippen molar-refractivity contribution in [3.8, 4) is 34.3 Å². The molecule has 1 aliphatic heterocycles. The van der Waals surface area contributed by atoms with Gasteiger partial charge in [-0.2, -0.15) is 4.37 Å². The van der Waals surface area contributed by atoms with Crippen molar-refractivity contribution in [3.05, 3.63) is 46.8 Å². The summed E-state index contributed by atoms with van der Waals surface area (Å²) in [5.41, 5.74) is 2.81. The Morgan fingerprint density at radius 2 is 1.89 bits per heavy atom. The summed E-state index contributed by atoms with van der Waals surface area (Å²) in [6.07, 6.45) is 0.160. The Bertz CT molecular complexity index is 1050. The first-order valence-electron chi connectivity index (χ1n) is 8.56. The number of aromatic nitrogens is 1. The summed E-state index contributed by atoms with van der Waals surface area (Å²) in [5, 5.41) is 23.4. The van der Waals surface area contributed by atoms with Gasteiger partial charge in [-0.05, 0) is 17.6 Å². The fourth-order valence-corrected chi connectivity index (χ4v) is 4.40. The van der Waals surface area contributed by atoms with Gasteiger partial charge in [-0.1, -0.05) is 30.3 Å². The van der Waals surface area contributed by atoms with Crippen LogP contribution in [0, 0.1) is 0 Å². The lowest BCUT2D eigenvalue weighted by Crippen LogP contribution is -2.22. The van der Waals surface area contributed by atoms with Gasteiger partial charge >= 0.3 is 0 Å². The highest BCUT2D eigenvalue weighted by Gasteiger charge is 2.35. The molecule has 0 fully saturated rings. The van der Waals surface area contributed by atoms with Gasteiger partial charge in [0.1, 0.15) is 5.69 Å². The minimum atomic E-state index is -0.419. The SMILES string of the molecule is COc1cc([C@H]2CC(=O)Nc3c(-c4ccccc4)nsc32)c(OC)c(O)c1O. The van der Waals surface area contributed by atoms with Crippen LogP contribution in [0.2, 0.25) is 0 Å². The first-order valence-corrected chi connectivity index (χ1v) is 9.34. The Kier molecular flexibility index (Phi) is 4.56. The van der Waals surface area contributed by atoms with Crippen molar-refractivity contribution in [1.82, 2.24) is 4.37 Å². The lowest BCUT2D eigenvalue weighted by atomic mass is 9.88. The standard InChI is InChI=1S/C20H18N2O5S/c1-26-13-8-11(19(27-2)18(25)17(13)24)12-9-14(23)21-16-15(22-28-20(12)16)10-6-4-3-5-7-10/h3-8,12,24-25H,9H2,1-2H3,(H,21,23)/t12-/m1/s1. The van der Waals surface area contributed by atoms with Crippen molar-refractivity contribution < 1.29 is 24.5 Å². The maximum Gasteiger partial charge on any atom is 0.225 e. The Morgan fingerprint density at radius 1 is 1.14 bits per heavy atom. The number of amides is 1. The van der Waals surface area contributed by atoms with Crippen molar-refractivity contribution >= 4 is 23.1 Å². The molecule has 3 N–H and O–H groups in total. The van der Waals surface area contributed by atoms with E-state index in [2.05, 4.69) is 9.69 Å². The smallest absolute Gasteiger partial charge is 0.225 e. The lowest BCUT2D eigenvalue weighted by molar-refractivity contribution is -0.116. The van der Waals surface area contributed by atoms with Crippen molar-refractivity contribution in [2.75, 3.05) is 19.5 Å². The zero-order valence-electron chi connectivity index (χ0n) is 15.2. The maximum atomic E-state index is 12.5. The lowest BCUT2D eigenvalue weighted by Gasteiger charge is -2.25. The van der Waals surface area contributed by atoms with Crippen molar-refractivity contribution in [2.24, 2.45) is 0 Å². The van der Waals surface area contributed by atoms with Crippen LogP contribution in [-0.4, -0.2) is 34.7 Å². The van der Waals surface area contributed by atoms with Crippen molar-refractivity contribution in [1.29, 1.82) is 0 Å². The number of aromatic hydroxyl groups is 2. The third-order valence-corrected chi connectivity index (χ3v) is 5.72. The molecule has 1 aliphatic rings. The van der Waals surface area contributed by atoms with Crippen molar-refractivity contribution in [3.63, 3.8) is 0 Å². The third-order valence-electron chi connectivity index (χ3n) is 4.76.